The first-order valence-corrected chi connectivity index (χ1v) is 10.2. The second-order valence-electron chi connectivity index (χ2n) is 5.58. The van der Waals surface area contributed by atoms with Crippen molar-refractivity contribution in [2.24, 2.45) is 0 Å². The summed E-state index contributed by atoms with van der Waals surface area (Å²) in [5.41, 5.74) is 0.118. The van der Waals surface area contributed by atoms with Crippen molar-refractivity contribution in [1.82, 2.24) is 0 Å². The summed E-state index contributed by atoms with van der Waals surface area (Å²) in [6, 6.07) is 2.86. The predicted molar refractivity (Wildman–Crippen MR) is 103 cm³/mol. The maximum absolute atomic E-state index is 14.0. The van der Waals surface area contributed by atoms with E-state index in [1.807, 2.05) is 13.8 Å². The topological polar surface area (TPSA) is 55.4 Å². The number of benzene rings is 1. The monoisotopic (exact) mass is 433 g/mol. The van der Waals surface area contributed by atoms with Gasteiger partial charge in [0.15, 0.2) is 0 Å². The van der Waals surface area contributed by atoms with Crippen LogP contribution in [0.2, 0.25) is 0 Å². The number of carbonyl (C=O) groups excluding carboxylic acids is 2. The number of hydrogen-bond acceptors (Lipinski definition) is 4. The van der Waals surface area contributed by atoms with E-state index in [-0.39, 0.29) is 29.2 Å². The summed E-state index contributed by atoms with van der Waals surface area (Å²) in [4.78, 5) is 24.5. The Morgan fingerprint density at radius 2 is 2.00 bits per heavy atom. The molecule has 0 aliphatic rings. The van der Waals surface area contributed by atoms with Gasteiger partial charge in [0.05, 0.1) is 12.3 Å². The van der Waals surface area contributed by atoms with Gasteiger partial charge in [0.2, 0.25) is 5.91 Å². The molecule has 0 heterocycles. The normalized spacial score (nSPS) is 11.9. The molecule has 0 aliphatic carbocycles. The number of unbranched alkanes of at least 4 members (excludes halogenated alkanes) is 1. The van der Waals surface area contributed by atoms with Crippen LogP contribution in [-0.4, -0.2) is 23.7 Å². The molecular weight excluding hydrogens is 409 g/mol. The molecule has 1 N–H and O–H groups in total. The molecule has 1 aromatic carbocycles. The van der Waals surface area contributed by atoms with Crippen LogP contribution in [0.25, 0.3) is 0 Å². The Kier molecular flexibility index (Phi) is 10.1. The fourth-order valence-corrected chi connectivity index (χ4v) is 3.78. The third kappa shape index (κ3) is 7.36. The number of hydrogen-bond donors (Lipinski definition) is 1. The zero-order chi connectivity index (χ0) is 18.8. The van der Waals surface area contributed by atoms with Crippen LogP contribution in [0.1, 0.15) is 52.9 Å². The molecule has 0 spiro atoms. The lowest BCUT2D eigenvalue weighted by atomic mass is 10.2. The van der Waals surface area contributed by atoms with E-state index in [0.29, 0.717) is 22.4 Å². The maximum atomic E-state index is 14.0. The number of amides is 1. The van der Waals surface area contributed by atoms with E-state index in [1.165, 1.54) is 17.8 Å². The average Bonchev–Trinajstić information content (AvgIpc) is 2.58. The van der Waals surface area contributed by atoms with Gasteiger partial charge < -0.3 is 10.1 Å². The summed E-state index contributed by atoms with van der Waals surface area (Å²) in [5, 5.41) is 2.18. The highest BCUT2D eigenvalue weighted by Crippen LogP contribution is 2.36. The zero-order valence-electron chi connectivity index (χ0n) is 14.9. The summed E-state index contributed by atoms with van der Waals surface area (Å²) in [6.07, 6.45) is 3.56. The average molecular weight is 434 g/mol. The van der Waals surface area contributed by atoms with Gasteiger partial charge in [-0.15, -0.1) is 11.8 Å². The molecule has 4 nitrogen and oxygen atoms in total. The van der Waals surface area contributed by atoms with Crippen molar-refractivity contribution in [2.75, 3.05) is 11.9 Å². The highest BCUT2D eigenvalue weighted by Gasteiger charge is 2.22. The van der Waals surface area contributed by atoms with Crippen molar-refractivity contribution >= 4 is 45.3 Å². The number of rotatable bonds is 10. The molecule has 0 aromatic heterocycles. The van der Waals surface area contributed by atoms with Crippen molar-refractivity contribution < 1.29 is 18.7 Å². The molecule has 7 heteroatoms. The Bertz CT molecular complexity index is 598. The number of carbonyl (C=O) groups is 2. The first-order chi connectivity index (χ1) is 11.9. The van der Waals surface area contributed by atoms with Crippen LogP contribution in [-0.2, 0) is 14.3 Å². The molecule has 1 atom stereocenters. The van der Waals surface area contributed by atoms with E-state index in [9.17, 15) is 14.0 Å². The minimum atomic E-state index is -0.518. The van der Waals surface area contributed by atoms with Crippen LogP contribution in [0.3, 0.4) is 0 Å². The summed E-state index contributed by atoms with van der Waals surface area (Å²) in [5.74, 6) is -1.03. The third-order valence-corrected chi connectivity index (χ3v) is 5.66. The Morgan fingerprint density at radius 1 is 1.28 bits per heavy atom. The van der Waals surface area contributed by atoms with E-state index in [4.69, 9.17) is 4.74 Å². The highest BCUT2D eigenvalue weighted by atomic mass is 79.9. The molecule has 1 amide bonds. The fourth-order valence-electron chi connectivity index (χ4n) is 2.00. The number of ether oxygens (including phenoxy) is 1. The number of nitrogens with one attached hydrogen (secondary N) is 1. The van der Waals surface area contributed by atoms with Gasteiger partial charge in [-0.3, -0.25) is 9.59 Å². The Morgan fingerprint density at radius 3 is 2.60 bits per heavy atom. The molecule has 25 heavy (non-hydrogen) atoms. The maximum Gasteiger partial charge on any atom is 0.319 e. The molecule has 1 aromatic rings. The summed E-state index contributed by atoms with van der Waals surface area (Å²) in [6.45, 7) is 6.15. The molecule has 0 saturated heterocycles. The lowest BCUT2D eigenvalue weighted by Crippen LogP contribution is -2.21. The minimum absolute atomic E-state index is 0.118. The van der Waals surface area contributed by atoms with Crippen molar-refractivity contribution in [1.29, 1.82) is 0 Å². The Balaban J connectivity index is 2.93. The molecule has 0 fully saturated rings. The second kappa shape index (κ2) is 11.5. The van der Waals surface area contributed by atoms with Gasteiger partial charge in [-0.05, 0) is 40.9 Å². The van der Waals surface area contributed by atoms with Crippen LogP contribution >= 0.6 is 27.7 Å². The SMILES string of the molecule is CCCCOC(=O)C(CCC)Sc1cc(NC(=O)CC)c(F)cc1Br. The standard InChI is InChI=1S/C18H25BrFNO3S/c1-4-7-9-24-18(23)15(8-5-2)25-16-11-14(21-17(22)6-3)13(20)10-12(16)19/h10-11,15H,4-9H2,1-3H3,(H,21,22). The van der Waals surface area contributed by atoms with Gasteiger partial charge in [-0.2, -0.15) is 0 Å². The molecule has 0 aliphatic heterocycles. The van der Waals surface area contributed by atoms with Gasteiger partial charge in [0.25, 0.3) is 0 Å². The van der Waals surface area contributed by atoms with Gasteiger partial charge in [-0.25, -0.2) is 4.39 Å². The van der Waals surface area contributed by atoms with Gasteiger partial charge >= 0.3 is 5.97 Å². The van der Waals surface area contributed by atoms with Gasteiger partial charge in [0, 0.05) is 15.8 Å². The van der Waals surface area contributed by atoms with E-state index in [2.05, 4.69) is 21.2 Å². The zero-order valence-corrected chi connectivity index (χ0v) is 17.3. The van der Waals surface area contributed by atoms with Gasteiger partial charge in [0.1, 0.15) is 11.1 Å². The second-order valence-corrected chi connectivity index (χ2v) is 7.68. The summed E-state index contributed by atoms with van der Waals surface area (Å²) in [7, 11) is 0. The largest absolute Gasteiger partial charge is 0.465 e. The molecule has 140 valence electrons. The lowest BCUT2D eigenvalue weighted by Gasteiger charge is -2.17. The fraction of sp³-hybridized carbons (Fsp3) is 0.556. The van der Waals surface area contributed by atoms with Crippen molar-refractivity contribution in [3.63, 3.8) is 0 Å². The summed E-state index contributed by atoms with van der Waals surface area (Å²) < 4.78 is 19.9. The highest BCUT2D eigenvalue weighted by molar-refractivity contribution is 9.10. The van der Waals surface area contributed by atoms with Crippen LogP contribution in [0, 0.1) is 5.82 Å². The first kappa shape index (κ1) is 22.0. The van der Waals surface area contributed by atoms with E-state index in [1.54, 1.807) is 13.0 Å². The van der Waals surface area contributed by atoms with Crippen molar-refractivity contribution in [2.45, 2.75) is 63.0 Å². The van der Waals surface area contributed by atoms with Gasteiger partial charge in [-0.1, -0.05) is 33.6 Å². The lowest BCUT2D eigenvalue weighted by molar-refractivity contribution is -0.143. The first-order valence-electron chi connectivity index (χ1n) is 8.55. The van der Waals surface area contributed by atoms with Crippen LogP contribution < -0.4 is 5.32 Å². The van der Waals surface area contributed by atoms with Crippen molar-refractivity contribution in [3.05, 3.63) is 22.4 Å². The number of esters is 1. The third-order valence-electron chi connectivity index (χ3n) is 3.44. The minimum Gasteiger partial charge on any atom is -0.465 e. The Labute approximate surface area is 161 Å². The molecule has 0 radical (unpaired) electrons. The number of anilines is 1. The quantitative estimate of drug-likeness (QED) is 0.298. The summed E-state index contributed by atoms with van der Waals surface area (Å²) >= 11 is 4.66. The van der Waals surface area contributed by atoms with Crippen molar-refractivity contribution in [3.8, 4) is 0 Å². The van der Waals surface area contributed by atoms with Crippen LogP contribution in [0.4, 0.5) is 10.1 Å². The van der Waals surface area contributed by atoms with E-state index >= 15 is 0 Å². The predicted octanol–water partition coefficient (Wildman–Crippen LogP) is 5.54. The number of halogens is 2. The van der Waals surface area contributed by atoms with E-state index in [0.717, 1.165) is 19.3 Å². The van der Waals surface area contributed by atoms with Crippen LogP contribution in [0.5, 0.6) is 0 Å². The van der Waals surface area contributed by atoms with Crippen LogP contribution in [0.15, 0.2) is 21.5 Å². The molecule has 1 unspecified atom stereocenters. The molecule has 0 saturated carbocycles. The molecule has 0 bridgehead atoms. The Hall–Kier alpha value is -1.08. The molecular formula is C18H25BrFNO3S. The number of thioether (sulfide) groups is 1. The van der Waals surface area contributed by atoms with E-state index < -0.39 is 5.82 Å². The molecule has 1 rings (SSSR count). The smallest absolute Gasteiger partial charge is 0.319 e.